The maximum atomic E-state index is 9.11. The molecule has 0 saturated carbocycles. The maximum absolute atomic E-state index is 9.11. The van der Waals surface area contributed by atoms with Gasteiger partial charge in [-0.3, -0.25) is 4.90 Å². The van der Waals surface area contributed by atoms with Crippen LogP contribution in [0.15, 0.2) is 16.8 Å². The molecule has 0 aromatic carbocycles. The Morgan fingerprint density at radius 2 is 2.50 bits per heavy atom. The average Bonchev–Trinajstić information content (AvgIpc) is 2.71. The fourth-order valence-corrected chi connectivity index (χ4v) is 2.74. The number of rotatable bonds is 3. The maximum Gasteiger partial charge on any atom is 0.0471 e. The van der Waals surface area contributed by atoms with E-state index in [0.717, 1.165) is 13.1 Å². The Morgan fingerprint density at radius 1 is 1.57 bits per heavy atom. The van der Waals surface area contributed by atoms with Gasteiger partial charge in [0.15, 0.2) is 0 Å². The van der Waals surface area contributed by atoms with E-state index >= 15 is 0 Å². The summed E-state index contributed by atoms with van der Waals surface area (Å²) in [5.74, 6) is 0.502. The molecular weight excluding hydrogens is 194 g/mol. The third-order valence-corrected chi connectivity index (χ3v) is 3.58. The van der Waals surface area contributed by atoms with E-state index in [1.54, 1.807) is 11.3 Å². The molecule has 14 heavy (non-hydrogen) atoms. The molecule has 0 unspecified atom stereocenters. The van der Waals surface area contributed by atoms with Gasteiger partial charge in [0.25, 0.3) is 0 Å². The van der Waals surface area contributed by atoms with Crippen LogP contribution in [-0.4, -0.2) is 29.7 Å². The van der Waals surface area contributed by atoms with E-state index in [-0.39, 0.29) is 0 Å². The van der Waals surface area contributed by atoms with Gasteiger partial charge in [0.05, 0.1) is 0 Å². The third-order valence-electron chi connectivity index (χ3n) is 2.85. The quantitative estimate of drug-likeness (QED) is 0.826. The third kappa shape index (κ3) is 2.56. The highest BCUT2D eigenvalue weighted by molar-refractivity contribution is 7.07. The molecule has 0 aliphatic carbocycles. The lowest BCUT2D eigenvalue weighted by molar-refractivity contribution is 0.116. The minimum Gasteiger partial charge on any atom is -0.396 e. The van der Waals surface area contributed by atoms with E-state index in [1.165, 1.54) is 24.9 Å². The Labute approximate surface area is 89.2 Å². The van der Waals surface area contributed by atoms with Gasteiger partial charge in [-0.1, -0.05) is 0 Å². The van der Waals surface area contributed by atoms with Gasteiger partial charge < -0.3 is 5.11 Å². The van der Waals surface area contributed by atoms with Crippen LogP contribution in [0.1, 0.15) is 18.4 Å². The number of thiophene rings is 1. The Hall–Kier alpha value is -0.380. The van der Waals surface area contributed by atoms with E-state index in [1.807, 2.05) is 0 Å². The van der Waals surface area contributed by atoms with Crippen LogP contribution >= 0.6 is 11.3 Å². The van der Waals surface area contributed by atoms with Gasteiger partial charge in [-0.05, 0) is 47.7 Å². The van der Waals surface area contributed by atoms with Gasteiger partial charge in [-0.2, -0.15) is 11.3 Å². The molecule has 2 rings (SSSR count). The number of nitrogens with zero attached hydrogens (tertiary/aromatic N) is 1. The second-order valence-electron chi connectivity index (χ2n) is 4.06. The van der Waals surface area contributed by atoms with Crippen LogP contribution in [0, 0.1) is 5.92 Å². The van der Waals surface area contributed by atoms with Gasteiger partial charge in [0.2, 0.25) is 0 Å². The first-order valence-corrected chi connectivity index (χ1v) is 6.17. The number of likely N-dealkylation sites (tertiary alicyclic amines) is 1. The number of aliphatic hydroxyl groups excluding tert-OH is 1. The number of hydrogen-bond donors (Lipinski definition) is 1. The predicted octanol–water partition coefficient (Wildman–Crippen LogP) is 1.95. The molecule has 1 fully saturated rings. The van der Waals surface area contributed by atoms with E-state index in [0.29, 0.717) is 12.5 Å². The lowest BCUT2D eigenvalue weighted by Gasteiger charge is -2.31. The molecule has 0 spiro atoms. The molecule has 2 nitrogen and oxygen atoms in total. The smallest absolute Gasteiger partial charge is 0.0471 e. The van der Waals surface area contributed by atoms with Crippen molar-refractivity contribution in [2.75, 3.05) is 19.7 Å². The van der Waals surface area contributed by atoms with Crippen molar-refractivity contribution in [3.63, 3.8) is 0 Å². The number of aliphatic hydroxyl groups is 1. The molecule has 78 valence electrons. The molecule has 0 amide bonds. The van der Waals surface area contributed by atoms with Crippen LogP contribution in [0.25, 0.3) is 0 Å². The standard InChI is InChI=1S/C11H17NOS/c13-8-10-2-1-4-12(6-10)7-11-3-5-14-9-11/h3,5,9-10,13H,1-2,4,6-8H2/t10-/m0/s1. The first-order valence-electron chi connectivity index (χ1n) is 5.23. The van der Waals surface area contributed by atoms with Crippen LogP contribution in [0.5, 0.6) is 0 Å². The molecule has 1 N–H and O–H groups in total. The van der Waals surface area contributed by atoms with Crippen LogP contribution in [0.2, 0.25) is 0 Å². The minimum absolute atomic E-state index is 0.347. The molecular formula is C11H17NOS. The second kappa shape index (κ2) is 4.91. The zero-order valence-electron chi connectivity index (χ0n) is 8.35. The van der Waals surface area contributed by atoms with Crippen molar-refractivity contribution in [1.82, 2.24) is 4.90 Å². The number of piperidine rings is 1. The van der Waals surface area contributed by atoms with Crippen molar-refractivity contribution >= 4 is 11.3 Å². The fraction of sp³-hybridized carbons (Fsp3) is 0.636. The summed E-state index contributed by atoms with van der Waals surface area (Å²) in [5.41, 5.74) is 1.41. The average molecular weight is 211 g/mol. The molecule has 2 heterocycles. The predicted molar refractivity (Wildman–Crippen MR) is 59.4 cm³/mol. The summed E-state index contributed by atoms with van der Waals surface area (Å²) < 4.78 is 0. The molecule has 1 aliphatic rings. The topological polar surface area (TPSA) is 23.5 Å². The Morgan fingerprint density at radius 3 is 3.21 bits per heavy atom. The van der Waals surface area contributed by atoms with E-state index in [9.17, 15) is 0 Å². The summed E-state index contributed by atoms with van der Waals surface area (Å²) in [4.78, 5) is 2.45. The zero-order chi connectivity index (χ0) is 9.80. The molecule has 0 radical (unpaired) electrons. The summed E-state index contributed by atoms with van der Waals surface area (Å²) in [6.07, 6.45) is 2.42. The lowest BCUT2D eigenvalue weighted by Crippen LogP contribution is -2.36. The van der Waals surface area contributed by atoms with E-state index < -0.39 is 0 Å². The highest BCUT2D eigenvalue weighted by Crippen LogP contribution is 2.18. The first kappa shape index (κ1) is 10.1. The Bertz CT molecular complexity index is 260. The lowest BCUT2D eigenvalue weighted by atomic mass is 9.99. The van der Waals surface area contributed by atoms with Gasteiger partial charge in [-0.15, -0.1) is 0 Å². The Kier molecular flexibility index (Phi) is 3.56. The van der Waals surface area contributed by atoms with Crippen LogP contribution in [0.3, 0.4) is 0 Å². The zero-order valence-corrected chi connectivity index (χ0v) is 9.17. The van der Waals surface area contributed by atoms with Gasteiger partial charge in [0, 0.05) is 19.7 Å². The molecule has 1 aliphatic heterocycles. The normalized spacial score (nSPS) is 23.9. The molecule has 3 heteroatoms. The Balaban J connectivity index is 1.86. The monoisotopic (exact) mass is 211 g/mol. The van der Waals surface area contributed by atoms with Gasteiger partial charge in [-0.25, -0.2) is 0 Å². The largest absolute Gasteiger partial charge is 0.396 e. The second-order valence-corrected chi connectivity index (χ2v) is 4.84. The highest BCUT2D eigenvalue weighted by atomic mass is 32.1. The van der Waals surface area contributed by atoms with Crippen LogP contribution < -0.4 is 0 Å². The summed E-state index contributed by atoms with van der Waals surface area (Å²) in [6.45, 7) is 3.65. The SMILES string of the molecule is OC[C@H]1CCCN(Cc2ccsc2)C1. The van der Waals surface area contributed by atoms with Crippen molar-refractivity contribution in [2.45, 2.75) is 19.4 Å². The molecule has 0 bridgehead atoms. The van der Waals surface area contributed by atoms with Gasteiger partial charge >= 0.3 is 0 Å². The van der Waals surface area contributed by atoms with E-state index in [4.69, 9.17) is 5.11 Å². The molecule has 1 aromatic heterocycles. The van der Waals surface area contributed by atoms with Crippen molar-refractivity contribution in [3.8, 4) is 0 Å². The van der Waals surface area contributed by atoms with Crippen molar-refractivity contribution in [3.05, 3.63) is 22.4 Å². The summed E-state index contributed by atoms with van der Waals surface area (Å²) in [7, 11) is 0. The van der Waals surface area contributed by atoms with Crippen LogP contribution in [0.4, 0.5) is 0 Å². The first-order chi connectivity index (χ1) is 6.88. The summed E-state index contributed by atoms with van der Waals surface area (Å²) >= 11 is 1.76. The van der Waals surface area contributed by atoms with Crippen molar-refractivity contribution in [1.29, 1.82) is 0 Å². The van der Waals surface area contributed by atoms with Crippen LogP contribution in [-0.2, 0) is 6.54 Å². The van der Waals surface area contributed by atoms with E-state index in [2.05, 4.69) is 21.7 Å². The minimum atomic E-state index is 0.347. The molecule has 1 saturated heterocycles. The van der Waals surface area contributed by atoms with Crippen molar-refractivity contribution in [2.24, 2.45) is 5.92 Å². The van der Waals surface area contributed by atoms with Crippen molar-refractivity contribution < 1.29 is 5.11 Å². The number of hydrogen-bond acceptors (Lipinski definition) is 3. The summed E-state index contributed by atoms with van der Waals surface area (Å²) in [6, 6.07) is 2.19. The fourth-order valence-electron chi connectivity index (χ4n) is 2.08. The summed E-state index contributed by atoms with van der Waals surface area (Å²) in [5, 5.41) is 13.4. The molecule has 1 atom stereocenters. The van der Waals surface area contributed by atoms with Gasteiger partial charge in [0.1, 0.15) is 0 Å². The molecule has 1 aromatic rings. The highest BCUT2D eigenvalue weighted by Gasteiger charge is 2.18.